The number of rotatable bonds is 4. The molecule has 0 saturated carbocycles. The minimum atomic E-state index is -0.760. The summed E-state index contributed by atoms with van der Waals surface area (Å²) in [4.78, 5) is 31.1. The van der Waals surface area contributed by atoms with Crippen LogP contribution in [0, 0.1) is 0 Å². The molecule has 0 aliphatic carbocycles. The van der Waals surface area contributed by atoms with Gasteiger partial charge in [-0.15, -0.1) is 0 Å². The second-order valence-corrected chi connectivity index (χ2v) is 4.38. The average Bonchev–Trinajstić information content (AvgIpc) is 2.44. The van der Waals surface area contributed by atoms with Gasteiger partial charge in [-0.3, -0.25) is 19.8 Å². The molecule has 21 heavy (non-hydrogen) atoms. The number of aromatic amines is 2. The summed E-state index contributed by atoms with van der Waals surface area (Å²) >= 11 is 0. The summed E-state index contributed by atoms with van der Waals surface area (Å²) in [6.45, 7) is 1.93. The van der Waals surface area contributed by atoms with Crippen molar-refractivity contribution in [3.8, 4) is 11.6 Å². The molecular formula is C14H15N3O4. The van der Waals surface area contributed by atoms with E-state index in [2.05, 4.69) is 9.98 Å². The first-order chi connectivity index (χ1) is 10.0. The van der Waals surface area contributed by atoms with Crippen LogP contribution in [0.2, 0.25) is 0 Å². The molecule has 0 radical (unpaired) electrons. The predicted molar refractivity (Wildman–Crippen MR) is 78.3 cm³/mol. The van der Waals surface area contributed by atoms with Gasteiger partial charge < -0.3 is 9.84 Å². The van der Waals surface area contributed by atoms with E-state index >= 15 is 0 Å². The van der Waals surface area contributed by atoms with Crippen molar-refractivity contribution in [2.45, 2.75) is 13.5 Å². The molecule has 0 bridgehead atoms. The standard InChI is InChI=1S/C14H15N3O4/c1-8(11-12(18)16-14(20)17-13(11)19)15-7-9-3-5-10(21-2)6-4-9/h3-6H,7H2,1-2H3,(H3,16,17,18,19,20). The number of ether oxygens (including phenoxy) is 1. The molecule has 1 aromatic carbocycles. The molecule has 110 valence electrons. The lowest BCUT2D eigenvalue weighted by Gasteiger charge is -2.04. The van der Waals surface area contributed by atoms with E-state index in [9.17, 15) is 14.7 Å². The third kappa shape index (κ3) is 3.38. The van der Waals surface area contributed by atoms with Crippen LogP contribution in [0.5, 0.6) is 11.6 Å². The Morgan fingerprint density at radius 3 is 2.48 bits per heavy atom. The molecule has 0 amide bonds. The van der Waals surface area contributed by atoms with Gasteiger partial charge in [0.05, 0.1) is 19.4 Å². The molecule has 0 aliphatic rings. The average molecular weight is 289 g/mol. The van der Waals surface area contributed by atoms with Crippen LogP contribution in [0.4, 0.5) is 0 Å². The lowest BCUT2D eigenvalue weighted by atomic mass is 10.2. The smallest absolute Gasteiger partial charge is 0.328 e. The van der Waals surface area contributed by atoms with Gasteiger partial charge in [-0.2, -0.15) is 0 Å². The molecule has 2 aromatic rings. The molecule has 1 aromatic heterocycles. The van der Waals surface area contributed by atoms with Crippen molar-refractivity contribution in [3.05, 3.63) is 56.2 Å². The maximum atomic E-state index is 11.7. The number of aliphatic imine (C=N–C) groups is 1. The van der Waals surface area contributed by atoms with Crippen molar-refractivity contribution < 1.29 is 9.84 Å². The van der Waals surface area contributed by atoms with E-state index in [1.54, 1.807) is 14.0 Å². The van der Waals surface area contributed by atoms with Crippen LogP contribution in [0.15, 0.2) is 38.8 Å². The van der Waals surface area contributed by atoms with Gasteiger partial charge in [-0.1, -0.05) is 12.1 Å². The van der Waals surface area contributed by atoms with Gasteiger partial charge in [0.25, 0.3) is 5.56 Å². The fraction of sp³-hybridized carbons (Fsp3) is 0.214. The van der Waals surface area contributed by atoms with Gasteiger partial charge in [-0.05, 0) is 24.6 Å². The molecule has 0 fully saturated rings. The molecule has 0 aliphatic heterocycles. The third-order valence-electron chi connectivity index (χ3n) is 2.94. The summed E-state index contributed by atoms with van der Waals surface area (Å²) in [5.74, 6) is 0.258. The Morgan fingerprint density at radius 2 is 1.90 bits per heavy atom. The van der Waals surface area contributed by atoms with E-state index in [0.29, 0.717) is 12.3 Å². The first-order valence-electron chi connectivity index (χ1n) is 6.21. The summed E-state index contributed by atoms with van der Waals surface area (Å²) < 4.78 is 5.06. The SMILES string of the molecule is COc1ccc(CN=C(C)c2c(O)[nH]c(=O)[nH]c2=O)cc1. The summed E-state index contributed by atoms with van der Waals surface area (Å²) in [5.41, 5.74) is -0.212. The molecule has 0 atom stereocenters. The number of methoxy groups -OCH3 is 1. The van der Waals surface area contributed by atoms with Crippen molar-refractivity contribution in [2.75, 3.05) is 7.11 Å². The van der Waals surface area contributed by atoms with Gasteiger partial charge >= 0.3 is 5.69 Å². The van der Waals surface area contributed by atoms with Gasteiger partial charge in [0, 0.05) is 0 Å². The Morgan fingerprint density at radius 1 is 1.24 bits per heavy atom. The monoisotopic (exact) mass is 289 g/mol. The highest BCUT2D eigenvalue weighted by atomic mass is 16.5. The zero-order chi connectivity index (χ0) is 15.4. The normalized spacial score (nSPS) is 11.4. The summed E-state index contributed by atoms with van der Waals surface area (Å²) in [5, 5.41) is 9.64. The van der Waals surface area contributed by atoms with Gasteiger partial charge in [0.2, 0.25) is 5.88 Å². The third-order valence-corrected chi connectivity index (χ3v) is 2.94. The van der Waals surface area contributed by atoms with Crippen molar-refractivity contribution in [1.82, 2.24) is 9.97 Å². The number of aromatic hydroxyl groups is 1. The summed E-state index contributed by atoms with van der Waals surface area (Å²) in [6.07, 6.45) is 0. The molecule has 2 rings (SSSR count). The topological polar surface area (TPSA) is 108 Å². The van der Waals surface area contributed by atoms with Crippen LogP contribution in [0.3, 0.4) is 0 Å². The van der Waals surface area contributed by atoms with Crippen molar-refractivity contribution in [1.29, 1.82) is 0 Å². The number of hydrogen-bond acceptors (Lipinski definition) is 5. The number of nitrogens with zero attached hydrogens (tertiary/aromatic N) is 1. The number of aromatic nitrogens is 2. The van der Waals surface area contributed by atoms with E-state index < -0.39 is 17.1 Å². The highest BCUT2D eigenvalue weighted by Crippen LogP contribution is 2.13. The molecule has 3 N–H and O–H groups in total. The molecular weight excluding hydrogens is 274 g/mol. The fourth-order valence-electron chi connectivity index (χ4n) is 1.83. The molecule has 0 saturated heterocycles. The van der Waals surface area contributed by atoms with Crippen LogP contribution in [0.25, 0.3) is 0 Å². The Balaban J connectivity index is 2.25. The summed E-state index contributed by atoms with van der Waals surface area (Å²) in [7, 11) is 1.59. The van der Waals surface area contributed by atoms with E-state index in [1.807, 2.05) is 29.2 Å². The minimum Gasteiger partial charge on any atom is -0.497 e. The largest absolute Gasteiger partial charge is 0.497 e. The van der Waals surface area contributed by atoms with E-state index in [4.69, 9.17) is 4.74 Å². The van der Waals surface area contributed by atoms with E-state index in [0.717, 1.165) is 11.3 Å². The van der Waals surface area contributed by atoms with E-state index in [1.165, 1.54) is 0 Å². The van der Waals surface area contributed by atoms with Crippen molar-refractivity contribution in [3.63, 3.8) is 0 Å². The maximum absolute atomic E-state index is 11.7. The van der Waals surface area contributed by atoms with Crippen LogP contribution < -0.4 is 16.0 Å². The second-order valence-electron chi connectivity index (χ2n) is 4.38. The first-order valence-corrected chi connectivity index (χ1v) is 6.21. The molecule has 0 spiro atoms. The van der Waals surface area contributed by atoms with Crippen LogP contribution in [-0.2, 0) is 6.54 Å². The van der Waals surface area contributed by atoms with Gasteiger partial charge in [-0.25, -0.2) is 4.79 Å². The van der Waals surface area contributed by atoms with Crippen molar-refractivity contribution >= 4 is 5.71 Å². The van der Waals surface area contributed by atoms with Crippen LogP contribution in [-0.4, -0.2) is 27.9 Å². The zero-order valence-corrected chi connectivity index (χ0v) is 11.6. The molecule has 1 heterocycles. The minimum absolute atomic E-state index is 0.0388. The highest BCUT2D eigenvalue weighted by Gasteiger charge is 2.11. The van der Waals surface area contributed by atoms with E-state index in [-0.39, 0.29) is 5.56 Å². The number of nitrogens with one attached hydrogen (secondary N) is 2. The number of benzene rings is 1. The van der Waals surface area contributed by atoms with Gasteiger partial charge in [0.15, 0.2) is 0 Å². The summed E-state index contributed by atoms with van der Waals surface area (Å²) in [6, 6.07) is 7.33. The lowest BCUT2D eigenvalue weighted by Crippen LogP contribution is -2.27. The Labute approximate surface area is 120 Å². The second kappa shape index (κ2) is 6.08. The van der Waals surface area contributed by atoms with Crippen LogP contribution in [0.1, 0.15) is 18.1 Å². The van der Waals surface area contributed by atoms with Crippen LogP contribution >= 0.6 is 0 Å². The number of H-pyrrole nitrogens is 2. The fourth-order valence-corrected chi connectivity index (χ4v) is 1.83. The Bertz CT molecular complexity index is 772. The first kappa shape index (κ1) is 14.6. The lowest BCUT2D eigenvalue weighted by molar-refractivity contribution is 0.414. The number of hydrogen-bond donors (Lipinski definition) is 3. The van der Waals surface area contributed by atoms with Gasteiger partial charge in [0.1, 0.15) is 11.3 Å². The van der Waals surface area contributed by atoms with Crippen molar-refractivity contribution in [2.24, 2.45) is 4.99 Å². The Hall–Kier alpha value is -2.83. The quantitative estimate of drug-likeness (QED) is 0.723. The molecule has 0 unspecified atom stereocenters. The predicted octanol–water partition coefficient (Wildman–Crippen LogP) is 0.787. The molecule has 7 heteroatoms. The Kier molecular flexibility index (Phi) is 4.22. The molecule has 7 nitrogen and oxygen atoms in total. The maximum Gasteiger partial charge on any atom is 0.328 e. The highest BCUT2D eigenvalue weighted by molar-refractivity contribution is 6.00. The zero-order valence-electron chi connectivity index (χ0n) is 11.6.